The molecule has 0 saturated carbocycles. The molecule has 1 atom stereocenters. The number of hydrogen-bond acceptors (Lipinski definition) is 3. The van der Waals surface area contributed by atoms with Crippen LogP contribution in [0.2, 0.25) is 0 Å². The maximum absolute atomic E-state index is 10.6. The summed E-state index contributed by atoms with van der Waals surface area (Å²) in [5.74, 6) is -0.180. The third kappa shape index (κ3) is 3.69. The van der Waals surface area contributed by atoms with Gasteiger partial charge in [0.2, 0.25) is 0 Å². The molecule has 60 valence electrons. The Labute approximate surface area is 65.7 Å². The van der Waals surface area contributed by atoms with Gasteiger partial charge < -0.3 is 10.0 Å². The molecule has 0 radical (unpaired) electrons. The third-order valence-corrected chi connectivity index (χ3v) is 1.26. The van der Waals surface area contributed by atoms with E-state index >= 15 is 0 Å². The largest absolute Gasteiger partial charge is 0.346 e. The van der Waals surface area contributed by atoms with Gasteiger partial charge in [-0.25, -0.2) is 4.79 Å². The number of rotatable bonds is 3. The molecule has 0 spiro atoms. The molecule has 3 nitrogen and oxygen atoms in total. The number of nitrogens with two attached hydrogens (primary N) is 1. The first-order chi connectivity index (χ1) is 4.57. The van der Waals surface area contributed by atoms with Crippen LogP contribution in [-0.2, 0) is 9.08 Å². The van der Waals surface area contributed by atoms with Crippen molar-refractivity contribution in [2.75, 3.05) is 0 Å². The molecule has 0 aliphatic carbocycles. The lowest BCUT2D eigenvalue weighted by Gasteiger charge is -2.08. The molecule has 0 aromatic carbocycles. The van der Waals surface area contributed by atoms with Crippen molar-refractivity contribution < 1.29 is 9.08 Å². The van der Waals surface area contributed by atoms with Crippen molar-refractivity contribution in [2.24, 2.45) is 11.7 Å². The summed E-state index contributed by atoms with van der Waals surface area (Å²) in [6.07, 6.45) is 0.603. The summed E-state index contributed by atoms with van der Waals surface area (Å²) in [5.41, 5.74) is 5.37. The zero-order chi connectivity index (χ0) is 8.15. The van der Waals surface area contributed by atoms with E-state index in [0.29, 0.717) is 12.3 Å². The number of halogens is 1. The maximum Gasteiger partial charge on any atom is 0.341 e. The van der Waals surface area contributed by atoms with Crippen LogP contribution in [0.25, 0.3) is 0 Å². The Morgan fingerprint density at radius 1 is 1.70 bits per heavy atom. The molecule has 0 aromatic heterocycles. The van der Waals surface area contributed by atoms with Gasteiger partial charge in [-0.05, 0) is 12.3 Å². The minimum Gasteiger partial charge on any atom is -0.346 e. The van der Waals surface area contributed by atoms with E-state index in [1.165, 1.54) is 0 Å². The summed E-state index contributed by atoms with van der Waals surface area (Å²) < 4.78 is 3.92. The molecule has 0 aliphatic heterocycles. The lowest BCUT2D eigenvalue weighted by Crippen LogP contribution is -2.31. The van der Waals surface area contributed by atoms with Crippen LogP contribution in [0.1, 0.15) is 20.3 Å². The topological polar surface area (TPSA) is 52.3 Å². The molecule has 0 heterocycles. The standard InChI is InChI=1S/C6H12ClNO2/c1-4(2)3-5(8)6(9)10-7/h4-5H,3,8H2,1-2H3/t5-/m0/s1. The van der Waals surface area contributed by atoms with Crippen molar-refractivity contribution in [3.05, 3.63) is 0 Å². The van der Waals surface area contributed by atoms with Crippen molar-refractivity contribution in [3.63, 3.8) is 0 Å². The maximum atomic E-state index is 10.6. The molecule has 0 bridgehead atoms. The highest BCUT2D eigenvalue weighted by Gasteiger charge is 2.15. The Kier molecular flexibility index (Phi) is 4.40. The Morgan fingerprint density at radius 3 is 2.50 bits per heavy atom. The first-order valence-electron chi connectivity index (χ1n) is 3.16. The average Bonchev–Trinajstić information content (AvgIpc) is 1.85. The Morgan fingerprint density at radius 2 is 2.20 bits per heavy atom. The molecule has 0 aliphatic rings. The molecule has 0 amide bonds. The fourth-order valence-electron chi connectivity index (χ4n) is 0.661. The van der Waals surface area contributed by atoms with Crippen LogP contribution in [-0.4, -0.2) is 12.0 Å². The summed E-state index contributed by atoms with van der Waals surface area (Å²) in [5, 5.41) is 0. The van der Waals surface area contributed by atoms with Crippen LogP contribution in [0.5, 0.6) is 0 Å². The third-order valence-electron chi connectivity index (χ3n) is 1.10. The number of carbonyl (C=O) groups excluding carboxylic acids is 1. The zero-order valence-corrected chi connectivity index (χ0v) is 6.89. The van der Waals surface area contributed by atoms with E-state index in [2.05, 4.69) is 4.29 Å². The van der Waals surface area contributed by atoms with Gasteiger partial charge in [-0.15, -0.1) is 0 Å². The van der Waals surface area contributed by atoms with E-state index in [0.717, 1.165) is 0 Å². The van der Waals surface area contributed by atoms with Gasteiger partial charge >= 0.3 is 5.97 Å². The van der Waals surface area contributed by atoms with Gasteiger partial charge in [-0.1, -0.05) is 13.8 Å². The molecule has 0 saturated heterocycles. The van der Waals surface area contributed by atoms with E-state index in [9.17, 15) is 4.79 Å². The lowest BCUT2D eigenvalue weighted by atomic mass is 10.1. The smallest absolute Gasteiger partial charge is 0.341 e. The molecule has 0 aromatic rings. The predicted molar refractivity (Wildman–Crippen MR) is 39.4 cm³/mol. The van der Waals surface area contributed by atoms with Crippen molar-refractivity contribution in [3.8, 4) is 0 Å². The van der Waals surface area contributed by atoms with Crippen LogP contribution in [0, 0.1) is 5.92 Å². The highest BCUT2D eigenvalue weighted by molar-refractivity contribution is 6.13. The summed E-state index contributed by atoms with van der Waals surface area (Å²) in [7, 11) is 0. The zero-order valence-electron chi connectivity index (χ0n) is 6.13. The SMILES string of the molecule is CC(C)C[C@H](N)C(=O)OCl. The number of carbonyl (C=O) groups is 1. The van der Waals surface area contributed by atoms with E-state index in [1.54, 1.807) is 0 Å². The van der Waals surface area contributed by atoms with E-state index in [1.807, 2.05) is 13.8 Å². The first-order valence-corrected chi connectivity index (χ1v) is 3.46. The molecular formula is C6H12ClNO2. The van der Waals surface area contributed by atoms with Crippen LogP contribution >= 0.6 is 11.9 Å². The molecular weight excluding hydrogens is 154 g/mol. The Bertz CT molecular complexity index is 116. The first kappa shape index (κ1) is 9.72. The number of hydrogen-bond donors (Lipinski definition) is 1. The minimum atomic E-state index is -0.586. The van der Waals surface area contributed by atoms with E-state index in [-0.39, 0.29) is 0 Å². The highest BCUT2D eigenvalue weighted by atomic mass is 35.5. The summed E-state index contributed by atoms with van der Waals surface area (Å²) in [4.78, 5) is 10.6. The predicted octanol–water partition coefficient (Wildman–Crippen LogP) is 1.06. The fourth-order valence-corrected chi connectivity index (χ4v) is 0.776. The van der Waals surface area contributed by atoms with Gasteiger partial charge in [0.05, 0.1) is 0 Å². The molecule has 0 fully saturated rings. The summed E-state index contributed by atoms with van der Waals surface area (Å²) in [6.45, 7) is 3.95. The molecule has 2 N–H and O–H groups in total. The van der Waals surface area contributed by atoms with Crippen LogP contribution < -0.4 is 5.73 Å². The monoisotopic (exact) mass is 165 g/mol. The van der Waals surface area contributed by atoms with Gasteiger partial charge in [0.25, 0.3) is 0 Å². The summed E-state index contributed by atoms with van der Waals surface area (Å²) >= 11 is 4.80. The van der Waals surface area contributed by atoms with Crippen LogP contribution in [0.3, 0.4) is 0 Å². The molecule has 10 heavy (non-hydrogen) atoms. The van der Waals surface area contributed by atoms with Gasteiger partial charge in [0, 0.05) is 0 Å². The van der Waals surface area contributed by atoms with Gasteiger partial charge in [-0.2, -0.15) is 0 Å². The lowest BCUT2D eigenvalue weighted by molar-refractivity contribution is -0.135. The highest BCUT2D eigenvalue weighted by Crippen LogP contribution is 2.04. The average molecular weight is 166 g/mol. The normalized spacial score (nSPS) is 13.3. The van der Waals surface area contributed by atoms with Crippen molar-refractivity contribution in [2.45, 2.75) is 26.3 Å². The van der Waals surface area contributed by atoms with Gasteiger partial charge in [0.15, 0.2) is 0 Å². The van der Waals surface area contributed by atoms with E-state index < -0.39 is 12.0 Å². The van der Waals surface area contributed by atoms with E-state index in [4.69, 9.17) is 17.6 Å². The van der Waals surface area contributed by atoms with Gasteiger partial charge in [-0.3, -0.25) is 0 Å². The second kappa shape index (κ2) is 4.52. The second-order valence-electron chi connectivity index (χ2n) is 2.63. The Balaban J connectivity index is 3.61. The van der Waals surface area contributed by atoms with Crippen LogP contribution in [0.4, 0.5) is 0 Å². The van der Waals surface area contributed by atoms with Crippen molar-refractivity contribution in [1.29, 1.82) is 0 Å². The van der Waals surface area contributed by atoms with Gasteiger partial charge in [0.1, 0.15) is 17.9 Å². The van der Waals surface area contributed by atoms with Crippen molar-refractivity contribution >= 4 is 17.8 Å². The molecule has 4 heteroatoms. The quantitative estimate of drug-likeness (QED) is 0.681. The molecule has 0 unspecified atom stereocenters. The van der Waals surface area contributed by atoms with Crippen LogP contribution in [0.15, 0.2) is 0 Å². The Hall–Kier alpha value is -0.280. The minimum absolute atomic E-state index is 0.380. The fraction of sp³-hybridized carbons (Fsp3) is 0.833. The van der Waals surface area contributed by atoms with Crippen molar-refractivity contribution in [1.82, 2.24) is 0 Å². The molecule has 0 rings (SSSR count). The second-order valence-corrected chi connectivity index (χ2v) is 2.79. The summed E-state index contributed by atoms with van der Waals surface area (Å²) in [6, 6.07) is -0.586.